The molecule has 0 spiro atoms. The maximum Gasteiger partial charge on any atom is 0.336 e. The number of para-hydroxylation sites is 1. The fourth-order valence-corrected chi connectivity index (χ4v) is 1.95. The number of benzene rings is 1. The Morgan fingerprint density at radius 2 is 2.04 bits per heavy atom. The Balaban J connectivity index is 2.22. The van der Waals surface area contributed by atoms with Crippen molar-refractivity contribution in [1.82, 2.24) is 14.9 Å². The van der Waals surface area contributed by atoms with Gasteiger partial charge in [0.15, 0.2) is 11.5 Å². The van der Waals surface area contributed by atoms with Gasteiger partial charge < -0.3 is 14.8 Å². The van der Waals surface area contributed by atoms with Gasteiger partial charge in [-0.3, -0.25) is 9.78 Å². The standard InChI is InChI=1S/C14H14FN3O5/c1-22-10-5-3-4-8(11(10)23-2)6-16-13(20)18-7-9(15)12(19)17-14(18)21/h3-5,7H,6H2,1-2H3,(H,16,20)(H,17,19,21). The minimum Gasteiger partial charge on any atom is -0.493 e. The molecular formula is C14H14FN3O5. The monoisotopic (exact) mass is 323 g/mol. The van der Waals surface area contributed by atoms with Crippen LogP contribution < -0.4 is 26.0 Å². The van der Waals surface area contributed by atoms with Crippen LogP contribution in [-0.4, -0.2) is 29.8 Å². The number of H-pyrrole nitrogens is 1. The van der Waals surface area contributed by atoms with Gasteiger partial charge in [0.25, 0.3) is 5.56 Å². The van der Waals surface area contributed by atoms with E-state index in [2.05, 4.69) is 5.32 Å². The molecule has 0 radical (unpaired) electrons. The molecule has 2 N–H and O–H groups in total. The highest BCUT2D eigenvalue weighted by molar-refractivity contribution is 5.76. The number of rotatable bonds is 4. The quantitative estimate of drug-likeness (QED) is 0.850. The van der Waals surface area contributed by atoms with E-state index in [9.17, 15) is 18.8 Å². The fourth-order valence-electron chi connectivity index (χ4n) is 1.95. The molecule has 2 aromatic rings. The van der Waals surface area contributed by atoms with Gasteiger partial charge >= 0.3 is 11.7 Å². The molecule has 0 unspecified atom stereocenters. The van der Waals surface area contributed by atoms with Crippen LogP contribution in [0.3, 0.4) is 0 Å². The second-order valence-electron chi connectivity index (χ2n) is 4.42. The van der Waals surface area contributed by atoms with E-state index < -0.39 is 23.1 Å². The van der Waals surface area contributed by atoms with E-state index in [0.717, 1.165) is 0 Å². The summed E-state index contributed by atoms with van der Waals surface area (Å²) in [4.78, 5) is 36.1. The summed E-state index contributed by atoms with van der Waals surface area (Å²) >= 11 is 0. The molecule has 0 saturated carbocycles. The van der Waals surface area contributed by atoms with Gasteiger partial charge in [0.1, 0.15) is 0 Å². The molecule has 0 aliphatic carbocycles. The topological polar surface area (TPSA) is 102 Å². The molecule has 0 bridgehead atoms. The number of halogens is 1. The summed E-state index contributed by atoms with van der Waals surface area (Å²) in [5.74, 6) is -0.333. The Bertz CT molecular complexity index is 843. The summed E-state index contributed by atoms with van der Waals surface area (Å²) in [6.07, 6.45) is 0.527. The van der Waals surface area contributed by atoms with Gasteiger partial charge in [-0.1, -0.05) is 12.1 Å². The number of hydrogen-bond acceptors (Lipinski definition) is 5. The number of carbonyl (C=O) groups is 1. The van der Waals surface area contributed by atoms with Gasteiger partial charge in [0.2, 0.25) is 5.82 Å². The first-order valence-corrected chi connectivity index (χ1v) is 6.47. The normalized spacial score (nSPS) is 10.2. The van der Waals surface area contributed by atoms with Crippen LogP contribution in [-0.2, 0) is 6.54 Å². The summed E-state index contributed by atoms with van der Waals surface area (Å²) in [6.45, 7) is 0.00634. The number of nitrogens with zero attached hydrogens (tertiary/aromatic N) is 1. The summed E-state index contributed by atoms with van der Waals surface area (Å²) < 4.78 is 24.0. The average Bonchev–Trinajstić information content (AvgIpc) is 2.55. The first-order valence-electron chi connectivity index (χ1n) is 6.47. The van der Waals surface area contributed by atoms with E-state index in [4.69, 9.17) is 9.47 Å². The highest BCUT2D eigenvalue weighted by Crippen LogP contribution is 2.30. The summed E-state index contributed by atoms with van der Waals surface area (Å²) in [6, 6.07) is 4.19. The van der Waals surface area contributed by atoms with Crippen molar-refractivity contribution in [2.24, 2.45) is 0 Å². The molecule has 23 heavy (non-hydrogen) atoms. The van der Waals surface area contributed by atoms with Gasteiger partial charge in [0.05, 0.1) is 20.4 Å². The summed E-state index contributed by atoms with van der Waals surface area (Å²) in [7, 11) is 2.92. The first-order chi connectivity index (χ1) is 11.0. The van der Waals surface area contributed by atoms with Crippen molar-refractivity contribution in [3.63, 3.8) is 0 Å². The van der Waals surface area contributed by atoms with Crippen LogP contribution in [0.5, 0.6) is 11.5 Å². The van der Waals surface area contributed by atoms with Crippen LogP contribution in [0.1, 0.15) is 5.56 Å². The van der Waals surface area contributed by atoms with E-state index in [1.54, 1.807) is 23.2 Å². The lowest BCUT2D eigenvalue weighted by Gasteiger charge is -2.13. The van der Waals surface area contributed by atoms with Crippen molar-refractivity contribution in [3.8, 4) is 11.5 Å². The second kappa shape index (κ2) is 6.77. The molecule has 0 aliphatic rings. The van der Waals surface area contributed by atoms with Gasteiger partial charge in [-0.15, -0.1) is 0 Å². The zero-order valence-corrected chi connectivity index (χ0v) is 12.4. The third kappa shape index (κ3) is 3.39. The molecule has 9 heteroatoms. The van der Waals surface area contributed by atoms with E-state index in [1.807, 2.05) is 0 Å². The molecule has 8 nitrogen and oxygen atoms in total. The SMILES string of the molecule is COc1cccc(CNC(=O)n2cc(F)c(=O)[nH]c2=O)c1OC. The van der Waals surface area contributed by atoms with Gasteiger partial charge in [-0.2, -0.15) is 4.39 Å². The number of carbonyl (C=O) groups excluding carboxylic acids is 1. The molecule has 1 aromatic heterocycles. The molecule has 1 amide bonds. The van der Waals surface area contributed by atoms with Crippen molar-refractivity contribution in [3.05, 3.63) is 56.6 Å². The van der Waals surface area contributed by atoms with Gasteiger partial charge in [-0.05, 0) is 6.07 Å². The largest absolute Gasteiger partial charge is 0.493 e. The number of nitrogens with one attached hydrogen (secondary N) is 2. The predicted molar refractivity (Wildman–Crippen MR) is 78.5 cm³/mol. The number of hydrogen-bond donors (Lipinski definition) is 2. The van der Waals surface area contributed by atoms with Crippen LogP contribution >= 0.6 is 0 Å². The summed E-state index contributed by atoms with van der Waals surface area (Å²) in [5, 5.41) is 2.43. The Morgan fingerprint density at radius 3 is 2.70 bits per heavy atom. The van der Waals surface area contributed by atoms with E-state index in [-0.39, 0.29) is 6.54 Å². The second-order valence-corrected chi connectivity index (χ2v) is 4.42. The zero-order chi connectivity index (χ0) is 17.0. The van der Waals surface area contributed by atoms with Gasteiger partial charge in [0, 0.05) is 12.1 Å². The highest BCUT2D eigenvalue weighted by Gasteiger charge is 2.13. The number of methoxy groups -OCH3 is 2. The molecule has 0 aliphatic heterocycles. The molecule has 0 atom stereocenters. The van der Waals surface area contributed by atoms with E-state index in [1.165, 1.54) is 14.2 Å². The Morgan fingerprint density at radius 1 is 1.30 bits per heavy atom. The number of aromatic nitrogens is 2. The molecule has 2 rings (SSSR count). The van der Waals surface area contributed by atoms with Crippen LogP contribution in [0.25, 0.3) is 0 Å². The van der Waals surface area contributed by atoms with Crippen LogP contribution in [0.4, 0.5) is 9.18 Å². The number of aromatic amines is 1. The fraction of sp³-hybridized carbons (Fsp3) is 0.214. The Labute approximate surface area is 129 Å². The number of ether oxygens (including phenoxy) is 2. The molecular weight excluding hydrogens is 309 g/mol. The van der Waals surface area contributed by atoms with E-state index >= 15 is 0 Å². The third-order valence-electron chi connectivity index (χ3n) is 3.03. The Kier molecular flexibility index (Phi) is 4.79. The molecule has 0 saturated heterocycles. The molecule has 122 valence electrons. The molecule has 1 heterocycles. The minimum absolute atomic E-state index is 0.00634. The summed E-state index contributed by atoms with van der Waals surface area (Å²) in [5.41, 5.74) is -1.63. The molecule has 0 fully saturated rings. The van der Waals surface area contributed by atoms with Crippen molar-refractivity contribution >= 4 is 6.03 Å². The smallest absolute Gasteiger partial charge is 0.336 e. The molecule has 1 aromatic carbocycles. The van der Waals surface area contributed by atoms with Gasteiger partial charge in [-0.25, -0.2) is 14.2 Å². The number of amides is 1. The van der Waals surface area contributed by atoms with Crippen LogP contribution in [0, 0.1) is 5.82 Å². The lowest BCUT2D eigenvalue weighted by atomic mass is 10.2. The van der Waals surface area contributed by atoms with Crippen molar-refractivity contribution in [1.29, 1.82) is 0 Å². The lowest BCUT2D eigenvalue weighted by Crippen LogP contribution is -2.40. The lowest BCUT2D eigenvalue weighted by molar-refractivity contribution is 0.240. The first kappa shape index (κ1) is 16.3. The zero-order valence-electron chi connectivity index (χ0n) is 12.4. The van der Waals surface area contributed by atoms with E-state index in [0.29, 0.717) is 27.8 Å². The predicted octanol–water partition coefficient (Wildman–Crippen LogP) is 0.451. The average molecular weight is 323 g/mol. The van der Waals surface area contributed by atoms with Crippen molar-refractivity contribution < 1.29 is 18.7 Å². The van der Waals surface area contributed by atoms with Crippen LogP contribution in [0.2, 0.25) is 0 Å². The maximum absolute atomic E-state index is 13.2. The minimum atomic E-state index is -1.24. The van der Waals surface area contributed by atoms with Crippen LogP contribution in [0.15, 0.2) is 34.0 Å². The maximum atomic E-state index is 13.2. The third-order valence-corrected chi connectivity index (χ3v) is 3.03. The Hall–Kier alpha value is -3.10. The highest BCUT2D eigenvalue weighted by atomic mass is 19.1. The van der Waals surface area contributed by atoms with Crippen molar-refractivity contribution in [2.75, 3.05) is 14.2 Å². The van der Waals surface area contributed by atoms with Crippen molar-refractivity contribution in [2.45, 2.75) is 6.54 Å².